The predicted molar refractivity (Wildman–Crippen MR) is 115 cm³/mol. The number of amides is 2. The maximum absolute atomic E-state index is 13.8. The summed E-state index contributed by atoms with van der Waals surface area (Å²) in [6.07, 6.45) is -0.618. The Kier molecular flexibility index (Phi) is 7.15. The third-order valence-corrected chi connectivity index (χ3v) is 5.29. The van der Waals surface area contributed by atoms with Gasteiger partial charge in [-0.1, -0.05) is 6.92 Å². The highest BCUT2D eigenvalue weighted by Crippen LogP contribution is 2.40. The fourth-order valence-corrected chi connectivity index (χ4v) is 3.17. The number of nitrogens with one attached hydrogen (secondary N) is 2. The second-order valence-corrected chi connectivity index (χ2v) is 7.72. The maximum Gasteiger partial charge on any atom is 0.341 e. The van der Waals surface area contributed by atoms with Crippen LogP contribution in [0.5, 0.6) is 11.5 Å². The summed E-state index contributed by atoms with van der Waals surface area (Å²) in [5.74, 6) is -3.07. The van der Waals surface area contributed by atoms with Gasteiger partial charge >= 0.3 is 5.97 Å². The number of halogens is 2. The molecule has 8 nitrogen and oxygen atoms in total. The Hall–Kier alpha value is -3.69. The van der Waals surface area contributed by atoms with Crippen LogP contribution in [-0.4, -0.2) is 38.1 Å². The molecule has 0 aliphatic heterocycles. The second kappa shape index (κ2) is 9.85. The minimum atomic E-state index is -1.36. The van der Waals surface area contributed by atoms with Crippen LogP contribution in [0, 0.1) is 23.5 Å². The highest BCUT2D eigenvalue weighted by atomic mass is 19.1. The second-order valence-electron chi connectivity index (χ2n) is 7.72. The normalized spacial score (nSPS) is 17.5. The molecule has 1 aliphatic carbocycles. The third kappa shape index (κ3) is 5.57. The Labute approximate surface area is 189 Å². The number of hydrogen-bond donors (Lipinski definition) is 2. The number of carbonyl (C=O) groups is 3. The quantitative estimate of drug-likeness (QED) is 0.579. The van der Waals surface area contributed by atoms with Gasteiger partial charge in [0.25, 0.3) is 5.91 Å². The molecule has 1 fully saturated rings. The lowest BCUT2D eigenvalue weighted by Crippen LogP contribution is -2.30. The van der Waals surface area contributed by atoms with Gasteiger partial charge in [-0.3, -0.25) is 9.59 Å². The summed E-state index contributed by atoms with van der Waals surface area (Å²) in [5.41, 5.74) is -0.322. The van der Waals surface area contributed by atoms with E-state index in [1.165, 1.54) is 33.3 Å². The van der Waals surface area contributed by atoms with Crippen molar-refractivity contribution >= 4 is 29.2 Å². The summed E-state index contributed by atoms with van der Waals surface area (Å²) < 4.78 is 42.8. The highest BCUT2D eigenvalue weighted by Gasteiger charge is 2.39. The van der Waals surface area contributed by atoms with Crippen LogP contribution in [0.15, 0.2) is 30.3 Å². The van der Waals surface area contributed by atoms with Crippen LogP contribution >= 0.6 is 0 Å². The summed E-state index contributed by atoms with van der Waals surface area (Å²) in [6, 6.07) is 5.32. The first kappa shape index (κ1) is 24.0. The smallest absolute Gasteiger partial charge is 0.341 e. The van der Waals surface area contributed by atoms with Crippen LogP contribution in [-0.2, 0) is 14.3 Å². The summed E-state index contributed by atoms with van der Waals surface area (Å²) >= 11 is 0. The van der Waals surface area contributed by atoms with Crippen molar-refractivity contribution in [3.63, 3.8) is 0 Å². The number of rotatable bonds is 8. The van der Waals surface area contributed by atoms with Crippen molar-refractivity contribution in [1.82, 2.24) is 0 Å². The molecule has 0 heterocycles. The van der Waals surface area contributed by atoms with Gasteiger partial charge in [-0.05, 0) is 31.4 Å². The topological polar surface area (TPSA) is 103 Å². The molecule has 3 unspecified atom stereocenters. The molecule has 0 radical (unpaired) electrons. The average Bonchev–Trinajstić information content (AvgIpc) is 3.52. The van der Waals surface area contributed by atoms with Gasteiger partial charge in [-0.25, -0.2) is 13.6 Å². The minimum absolute atomic E-state index is 0.0640. The van der Waals surface area contributed by atoms with E-state index in [2.05, 4.69) is 10.6 Å². The van der Waals surface area contributed by atoms with E-state index < -0.39 is 29.6 Å². The van der Waals surface area contributed by atoms with Crippen LogP contribution in [0.4, 0.5) is 20.2 Å². The monoisotopic (exact) mass is 462 g/mol. The largest absolute Gasteiger partial charge is 0.493 e. The molecule has 10 heteroatoms. The fraction of sp³-hybridized carbons (Fsp3) is 0.348. The number of benzene rings is 2. The minimum Gasteiger partial charge on any atom is -0.493 e. The van der Waals surface area contributed by atoms with E-state index in [0.717, 1.165) is 24.6 Å². The van der Waals surface area contributed by atoms with E-state index in [0.29, 0.717) is 0 Å². The van der Waals surface area contributed by atoms with Crippen LogP contribution in [0.25, 0.3) is 0 Å². The molecule has 2 aromatic rings. The molecular weight excluding hydrogens is 438 g/mol. The molecule has 176 valence electrons. The standard InChI is InChI=1S/C23H24F2N2O6/c1-11-7-14(11)22(29)26-17-10-20(32-4)19(31-3)9-15(17)23(30)33-12(2)21(28)27-18-8-13(24)5-6-16(18)25/h5-6,8-12,14H,7H2,1-4H3,(H,26,29)(H,27,28). The van der Waals surface area contributed by atoms with Gasteiger partial charge in [0.1, 0.15) is 11.6 Å². The van der Waals surface area contributed by atoms with Crippen molar-refractivity contribution in [3.8, 4) is 11.5 Å². The van der Waals surface area contributed by atoms with Crippen molar-refractivity contribution in [1.29, 1.82) is 0 Å². The van der Waals surface area contributed by atoms with Gasteiger partial charge in [0.15, 0.2) is 17.6 Å². The number of hydrogen-bond acceptors (Lipinski definition) is 6. The van der Waals surface area contributed by atoms with Gasteiger partial charge < -0.3 is 24.8 Å². The molecular formula is C23H24F2N2O6. The Morgan fingerprint density at radius 2 is 1.64 bits per heavy atom. The fourth-order valence-electron chi connectivity index (χ4n) is 3.17. The zero-order valence-electron chi connectivity index (χ0n) is 18.5. The molecule has 3 rings (SSSR count). The number of carbonyl (C=O) groups excluding carboxylic acids is 3. The van der Waals surface area contributed by atoms with Crippen LogP contribution in [0.3, 0.4) is 0 Å². The third-order valence-electron chi connectivity index (χ3n) is 5.29. The number of methoxy groups -OCH3 is 2. The molecule has 0 aromatic heterocycles. The molecule has 3 atom stereocenters. The van der Waals surface area contributed by atoms with Gasteiger partial charge in [-0.2, -0.15) is 0 Å². The lowest BCUT2D eigenvalue weighted by molar-refractivity contribution is -0.123. The van der Waals surface area contributed by atoms with Gasteiger partial charge in [-0.15, -0.1) is 0 Å². The van der Waals surface area contributed by atoms with E-state index >= 15 is 0 Å². The van der Waals surface area contributed by atoms with Gasteiger partial charge in [0, 0.05) is 24.1 Å². The Morgan fingerprint density at radius 1 is 1.00 bits per heavy atom. The average molecular weight is 462 g/mol. The van der Waals surface area contributed by atoms with E-state index in [9.17, 15) is 23.2 Å². The van der Waals surface area contributed by atoms with E-state index in [1.54, 1.807) is 0 Å². The number of ether oxygens (including phenoxy) is 3. The van der Waals surface area contributed by atoms with Crippen molar-refractivity contribution in [2.45, 2.75) is 26.4 Å². The van der Waals surface area contributed by atoms with Gasteiger partial charge in [0.05, 0.1) is 31.2 Å². The lowest BCUT2D eigenvalue weighted by Gasteiger charge is -2.18. The molecule has 2 amide bonds. The Balaban J connectivity index is 1.79. The Bertz CT molecular complexity index is 1090. The van der Waals surface area contributed by atoms with Crippen molar-refractivity contribution in [3.05, 3.63) is 47.5 Å². The van der Waals surface area contributed by atoms with Crippen LogP contribution < -0.4 is 20.1 Å². The summed E-state index contributed by atoms with van der Waals surface area (Å²) in [5, 5.41) is 4.88. The molecule has 0 spiro atoms. The number of esters is 1. The summed E-state index contributed by atoms with van der Waals surface area (Å²) in [6.45, 7) is 3.21. The molecule has 33 heavy (non-hydrogen) atoms. The zero-order valence-corrected chi connectivity index (χ0v) is 18.5. The maximum atomic E-state index is 13.8. The Morgan fingerprint density at radius 3 is 2.24 bits per heavy atom. The molecule has 2 N–H and O–H groups in total. The molecule has 0 saturated heterocycles. The molecule has 0 bridgehead atoms. The first-order chi connectivity index (χ1) is 15.6. The summed E-state index contributed by atoms with van der Waals surface area (Å²) in [7, 11) is 2.78. The lowest BCUT2D eigenvalue weighted by atomic mass is 10.1. The van der Waals surface area contributed by atoms with E-state index in [-0.39, 0.29) is 46.2 Å². The first-order valence-corrected chi connectivity index (χ1v) is 10.2. The van der Waals surface area contributed by atoms with E-state index in [4.69, 9.17) is 14.2 Å². The zero-order chi connectivity index (χ0) is 24.3. The SMILES string of the molecule is COc1cc(NC(=O)C2CC2C)c(C(=O)OC(C)C(=O)Nc2cc(F)ccc2F)cc1OC. The number of anilines is 2. The first-order valence-electron chi connectivity index (χ1n) is 10.2. The van der Waals surface area contributed by atoms with Crippen LogP contribution in [0.1, 0.15) is 30.6 Å². The van der Waals surface area contributed by atoms with E-state index in [1.807, 2.05) is 6.92 Å². The molecule has 1 aliphatic rings. The van der Waals surface area contributed by atoms with Crippen molar-refractivity contribution in [2.75, 3.05) is 24.9 Å². The van der Waals surface area contributed by atoms with Crippen molar-refractivity contribution < 1.29 is 37.4 Å². The van der Waals surface area contributed by atoms with Crippen molar-refractivity contribution in [2.24, 2.45) is 11.8 Å². The predicted octanol–water partition coefficient (Wildman–Crippen LogP) is 3.76. The molecule has 1 saturated carbocycles. The van der Waals surface area contributed by atoms with Crippen LogP contribution in [0.2, 0.25) is 0 Å². The van der Waals surface area contributed by atoms with Gasteiger partial charge in [0.2, 0.25) is 5.91 Å². The highest BCUT2D eigenvalue weighted by molar-refractivity contribution is 6.04. The summed E-state index contributed by atoms with van der Waals surface area (Å²) in [4.78, 5) is 37.7. The molecule has 2 aromatic carbocycles.